The Hall–Kier alpha value is -3.15. The van der Waals surface area contributed by atoms with Crippen molar-refractivity contribution in [2.24, 2.45) is 0 Å². The summed E-state index contributed by atoms with van der Waals surface area (Å²) in [6.45, 7) is 2.61. The number of benzene rings is 1. The lowest BCUT2D eigenvalue weighted by molar-refractivity contribution is -0.122. The van der Waals surface area contributed by atoms with Crippen LogP contribution in [0.3, 0.4) is 0 Å². The Labute approximate surface area is 151 Å². The highest BCUT2D eigenvalue weighted by Crippen LogP contribution is 2.19. The minimum absolute atomic E-state index is 0.0473. The minimum Gasteiger partial charge on any atom is -0.463 e. The lowest BCUT2D eigenvalue weighted by Gasteiger charge is -2.15. The molecule has 3 rings (SSSR count). The van der Waals surface area contributed by atoms with Crippen molar-refractivity contribution in [1.29, 1.82) is 0 Å². The fourth-order valence-electron chi connectivity index (χ4n) is 2.83. The molecule has 6 heteroatoms. The first-order valence-corrected chi connectivity index (χ1v) is 8.63. The van der Waals surface area contributed by atoms with Gasteiger partial charge < -0.3 is 9.73 Å². The number of rotatable bonds is 7. The van der Waals surface area contributed by atoms with Gasteiger partial charge >= 0.3 is 0 Å². The first kappa shape index (κ1) is 17.7. The molecule has 0 saturated heterocycles. The molecule has 0 unspecified atom stereocenters. The Kier molecular flexibility index (Phi) is 5.63. The highest BCUT2D eigenvalue weighted by Gasteiger charge is 2.17. The molecule has 0 aliphatic rings. The highest BCUT2D eigenvalue weighted by molar-refractivity contribution is 5.83. The fourth-order valence-corrected chi connectivity index (χ4v) is 2.83. The number of nitrogens with zero attached hydrogens (tertiary/aromatic N) is 2. The maximum absolute atomic E-state index is 12.5. The van der Waals surface area contributed by atoms with Gasteiger partial charge in [-0.05, 0) is 30.2 Å². The van der Waals surface area contributed by atoms with E-state index in [0.717, 1.165) is 5.56 Å². The van der Waals surface area contributed by atoms with E-state index >= 15 is 0 Å². The van der Waals surface area contributed by atoms with Gasteiger partial charge in [0.05, 0.1) is 18.7 Å². The maximum Gasteiger partial charge on any atom is 0.266 e. The van der Waals surface area contributed by atoms with Gasteiger partial charge in [-0.2, -0.15) is 5.10 Å². The molecule has 1 amide bonds. The molecule has 0 aliphatic carbocycles. The lowest BCUT2D eigenvalue weighted by atomic mass is 9.96. The molecule has 0 spiro atoms. The second kappa shape index (κ2) is 8.29. The van der Waals surface area contributed by atoms with E-state index in [2.05, 4.69) is 10.4 Å². The SMILES string of the molecule is CC[C@H](C(=O)NCCn1nc(-c2ccco2)ccc1=O)c1ccccc1. The molecule has 0 radical (unpaired) electrons. The molecule has 6 nitrogen and oxygen atoms in total. The van der Waals surface area contributed by atoms with Crippen molar-refractivity contribution in [3.05, 3.63) is 76.8 Å². The van der Waals surface area contributed by atoms with Crippen molar-refractivity contribution < 1.29 is 9.21 Å². The standard InChI is InChI=1S/C20H21N3O3/c1-2-16(15-7-4-3-5-8-15)20(25)21-12-13-23-19(24)11-10-17(22-23)18-9-6-14-26-18/h3-11,14,16H,2,12-13H2,1H3,(H,21,25)/t16-/m0/s1. The molecule has 1 aromatic carbocycles. The number of amides is 1. The Morgan fingerprint density at radius 1 is 1.15 bits per heavy atom. The summed E-state index contributed by atoms with van der Waals surface area (Å²) in [4.78, 5) is 24.5. The van der Waals surface area contributed by atoms with Gasteiger partial charge in [-0.1, -0.05) is 37.3 Å². The predicted molar refractivity (Wildman–Crippen MR) is 98.7 cm³/mol. The van der Waals surface area contributed by atoms with Crippen LogP contribution in [0.5, 0.6) is 0 Å². The number of carbonyl (C=O) groups excluding carboxylic acids is 1. The van der Waals surface area contributed by atoms with Crippen molar-refractivity contribution in [1.82, 2.24) is 15.1 Å². The monoisotopic (exact) mass is 351 g/mol. The van der Waals surface area contributed by atoms with E-state index in [1.54, 1.807) is 24.5 Å². The number of aromatic nitrogens is 2. The summed E-state index contributed by atoms with van der Waals surface area (Å²) in [6, 6.07) is 16.3. The topological polar surface area (TPSA) is 77.1 Å². The predicted octanol–water partition coefficient (Wildman–Crippen LogP) is 2.81. The maximum atomic E-state index is 12.5. The van der Waals surface area contributed by atoms with Crippen LogP contribution < -0.4 is 10.9 Å². The van der Waals surface area contributed by atoms with Gasteiger partial charge in [0, 0.05) is 12.6 Å². The van der Waals surface area contributed by atoms with Gasteiger partial charge in [-0.25, -0.2) is 4.68 Å². The van der Waals surface area contributed by atoms with Gasteiger partial charge in [-0.3, -0.25) is 9.59 Å². The molecular weight excluding hydrogens is 330 g/mol. The molecule has 1 atom stereocenters. The van der Waals surface area contributed by atoms with E-state index in [4.69, 9.17) is 4.42 Å². The number of furan rings is 1. The number of carbonyl (C=O) groups is 1. The lowest BCUT2D eigenvalue weighted by Crippen LogP contribution is -2.34. The average molecular weight is 351 g/mol. The summed E-state index contributed by atoms with van der Waals surface area (Å²) in [5.74, 6) is 0.349. The van der Waals surface area contributed by atoms with E-state index in [-0.39, 0.29) is 17.4 Å². The second-order valence-corrected chi connectivity index (χ2v) is 5.92. The van der Waals surface area contributed by atoms with Crippen LogP contribution in [-0.2, 0) is 11.3 Å². The molecule has 0 bridgehead atoms. The Morgan fingerprint density at radius 2 is 1.96 bits per heavy atom. The summed E-state index contributed by atoms with van der Waals surface area (Å²) < 4.78 is 6.64. The van der Waals surface area contributed by atoms with Crippen LogP contribution in [0.25, 0.3) is 11.5 Å². The molecule has 0 saturated carbocycles. The molecular formula is C20H21N3O3. The van der Waals surface area contributed by atoms with Crippen LogP contribution in [0.4, 0.5) is 0 Å². The summed E-state index contributed by atoms with van der Waals surface area (Å²) in [5, 5.41) is 7.19. The van der Waals surface area contributed by atoms with Crippen molar-refractivity contribution >= 4 is 5.91 Å². The smallest absolute Gasteiger partial charge is 0.266 e. The van der Waals surface area contributed by atoms with Crippen molar-refractivity contribution in [3.63, 3.8) is 0 Å². The van der Waals surface area contributed by atoms with Crippen molar-refractivity contribution in [2.75, 3.05) is 6.54 Å². The second-order valence-electron chi connectivity index (χ2n) is 5.92. The molecule has 3 aromatic rings. The van der Waals surface area contributed by atoms with Crippen LogP contribution >= 0.6 is 0 Å². The van der Waals surface area contributed by atoms with E-state index in [0.29, 0.717) is 31.0 Å². The fraction of sp³-hybridized carbons (Fsp3) is 0.250. The Bertz CT molecular complexity index is 902. The van der Waals surface area contributed by atoms with E-state index in [1.165, 1.54) is 10.7 Å². The largest absolute Gasteiger partial charge is 0.463 e. The summed E-state index contributed by atoms with van der Waals surface area (Å²) >= 11 is 0. The number of hydrogen-bond donors (Lipinski definition) is 1. The Balaban J connectivity index is 1.63. The Morgan fingerprint density at radius 3 is 2.65 bits per heavy atom. The first-order valence-electron chi connectivity index (χ1n) is 8.63. The summed E-state index contributed by atoms with van der Waals surface area (Å²) in [5.41, 5.74) is 1.35. The first-order chi connectivity index (χ1) is 12.7. The quantitative estimate of drug-likeness (QED) is 0.710. The molecule has 0 fully saturated rings. The average Bonchev–Trinajstić information content (AvgIpc) is 3.19. The third-order valence-corrected chi connectivity index (χ3v) is 4.19. The van der Waals surface area contributed by atoms with Crippen molar-refractivity contribution in [3.8, 4) is 11.5 Å². The van der Waals surface area contributed by atoms with E-state index < -0.39 is 0 Å². The third-order valence-electron chi connectivity index (χ3n) is 4.19. The van der Waals surface area contributed by atoms with Gasteiger partial charge in [0.1, 0.15) is 5.69 Å². The molecule has 26 heavy (non-hydrogen) atoms. The van der Waals surface area contributed by atoms with E-state index in [9.17, 15) is 9.59 Å². The summed E-state index contributed by atoms with van der Waals surface area (Å²) in [7, 11) is 0. The zero-order valence-electron chi connectivity index (χ0n) is 14.6. The van der Waals surface area contributed by atoms with E-state index in [1.807, 2.05) is 37.3 Å². The number of nitrogens with one attached hydrogen (secondary N) is 1. The van der Waals surface area contributed by atoms with Crippen LogP contribution in [-0.4, -0.2) is 22.2 Å². The van der Waals surface area contributed by atoms with Crippen LogP contribution in [0, 0.1) is 0 Å². The minimum atomic E-state index is -0.218. The molecule has 0 aliphatic heterocycles. The zero-order chi connectivity index (χ0) is 18.4. The van der Waals surface area contributed by atoms with Crippen LogP contribution in [0.15, 0.2) is 70.1 Å². The number of hydrogen-bond acceptors (Lipinski definition) is 4. The van der Waals surface area contributed by atoms with Gasteiger partial charge in [0.25, 0.3) is 5.56 Å². The summed E-state index contributed by atoms with van der Waals surface area (Å²) in [6.07, 6.45) is 2.27. The van der Waals surface area contributed by atoms with Crippen molar-refractivity contribution in [2.45, 2.75) is 25.8 Å². The normalized spacial score (nSPS) is 11.9. The van der Waals surface area contributed by atoms with Crippen LogP contribution in [0.1, 0.15) is 24.8 Å². The van der Waals surface area contributed by atoms with Gasteiger partial charge in [0.15, 0.2) is 5.76 Å². The molecule has 1 N–H and O–H groups in total. The van der Waals surface area contributed by atoms with Gasteiger partial charge in [-0.15, -0.1) is 0 Å². The third kappa shape index (κ3) is 4.08. The molecule has 2 heterocycles. The highest BCUT2D eigenvalue weighted by atomic mass is 16.3. The zero-order valence-corrected chi connectivity index (χ0v) is 14.6. The molecule has 2 aromatic heterocycles. The molecule has 134 valence electrons. The van der Waals surface area contributed by atoms with Gasteiger partial charge in [0.2, 0.25) is 5.91 Å². The van der Waals surface area contributed by atoms with Crippen LogP contribution in [0.2, 0.25) is 0 Å².